The van der Waals surface area contributed by atoms with E-state index >= 15 is 0 Å². The van der Waals surface area contributed by atoms with Crippen molar-refractivity contribution in [2.45, 2.75) is 31.7 Å². The molecule has 3 unspecified atom stereocenters. The molecule has 0 aliphatic carbocycles. The predicted octanol–water partition coefficient (Wildman–Crippen LogP) is 0.346. The summed E-state index contributed by atoms with van der Waals surface area (Å²) in [6, 6.07) is -0.687. The Morgan fingerprint density at radius 2 is 2.25 bits per heavy atom. The number of rotatable bonds is 4. The van der Waals surface area contributed by atoms with Gasteiger partial charge in [0.15, 0.2) is 0 Å². The molecule has 3 N–H and O–H groups in total. The third-order valence-electron chi connectivity index (χ3n) is 2.78. The van der Waals surface area contributed by atoms with Gasteiger partial charge in [0.1, 0.15) is 6.04 Å². The van der Waals surface area contributed by atoms with E-state index in [1.165, 1.54) is 16.7 Å². The zero-order valence-electron chi connectivity index (χ0n) is 9.55. The summed E-state index contributed by atoms with van der Waals surface area (Å²) in [7, 11) is 0. The number of carboxylic acid groups (broad SMARTS) is 1. The Morgan fingerprint density at radius 1 is 1.62 bits per heavy atom. The molecule has 1 aliphatic heterocycles. The molecule has 1 amide bonds. The van der Waals surface area contributed by atoms with Crippen LogP contribution in [0.15, 0.2) is 0 Å². The second kappa shape index (κ2) is 5.54. The topological polar surface area (TPSA) is 83.6 Å². The first kappa shape index (κ1) is 13.3. The maximum atomic E-state index is 12.1. The number of hydrogen-bond acceptors (Lipinski definition) is 4. The number of carbonyl (C=O) groups is 2. The van der Waals surface area contributed by atoms with E-state index in [0.29, 0.717) is 18.7 Å². The lowest BCUT2D eigenvalue weighted by molar-refractivity contribution is -0.150. The van der Waals surface area contributed by atoms with E-state index < -0.39 is 12.0 Å². The molecule has 0 spiro atoms. The third-order valence-corrected chi connectivity index (χ3v) is 4.00. The maximum Gasteiger partial charge on any atom is 0.327 e. The summed E-state index contributed by atoms with van der Waals surface area (Å²) in [6.07, 6.45) is 0.596. The molecule has 0 saturated carbocycles. The zero-order chi connectivity index (χ0) is 12.3. The van der Waals surface area contributed by atoms with E-state index in [2.05, 4.69) is 0 Å². The van der Waals surface area contributed by atoms with Crippen LogP contribution in [0.5, 0.6) is 0 Å². The minimum Gasteiger partial charge on any atom is -0.480 e. The lowest BCUT2D eigenvalue weighted by Crippen LogP contribution is -2.47. The number of aliphatic carboxylic acids is 1. The standard InChI is InChI=1S/C10H18N2O3S/c1-6(3-4-11)9(13)12-7(2)16-5-8(12)10(14)15/h6-8H,3-5,11H2,1-2H3,(H,14,15). The van der Waals surface area contributed by atoms with Gasteiger partial charge in [0.2, 0.25) is 5.91 Å². The molecule has 1 heterocycles. The van der Waals surface area contributed by atoms with Crippen LogP contribution in [-0.2, 0) is 9.59 Å². The van der Waals surface area contributed by atoms with Gasteiger partial charge in [-0.05, 0) is 19.9 Å². The van der Waals surface area contributed by atoms with E-state index in [1.54, 1.807) is 6.92 Å². The SMILES string of the molecule is CC(CCN)C(=O)N1C(C)SCC1C(=O)O. The minimum absolute atomic E-state index is 0.0613. The summed E-state index contributed by atoms with van der Waals surface area (Å²) in [5, 5.41) is 8.97. The van der Waals surface area contributed by atoms with Gasteiger partial charge in [-0.3, -0.25) is 4.79 Å². The molecular formula is C10H18N2O3S. The molecule has 1 rings (SSSR count). The fourth-order valence-corrected chi connectivity index (χ4v) is 2.97. The van der Waals surface area contributed by atoms with Crippen LogP contribution in [0.2, 0.25) is 0 Å². The van der Waals surface area contributed by atoms with Gasteiger partial charge in [-0.15, -0.1) is 11.8 Å². The lowest BCUT2D eigenvalue weighted by atomic mass is 10.1. The van der Waals surface area contributed by atoms with E-state index in [1.807, 2.05) is 6.92 Å². The molecule has 1 fully saturated rings. The number of hydrogen-bond donors (Lipinski definition) is 2. The monoisotopic (exact) mass is 246 g/mol. The van der Waals surface area contributed by atoms with Crippen LogP contribution in [0.1, 0.15) is 20.3 Å². The molecule has 6 heteroatoms. The second-order valence-electron chi connectivity index (χ2n) is 4.01. The van der Waals surface area contributed by atoms with Crippen molar-refractivity contribution in [1.82, 2.24) is 4.90 Å². The highest BCUT2D eigenvalue weighted by molar-refractivity contribution is 8.00. The molecule has 0 aromatic rings. The van der Waals surface area contributed by atoms with Crippen LogP contribution in [0.25, 0.3) is 0 Å². The van der Waals surface area contributed by atoms with Crippen LogP contribution in [0.4, 0.5) is 0 Å². The molecule has 5 nitrogen and oxygen atoms in total. The first-order valence-corrected chi connectivity index (χ1v) is 6.40. The van der Waals surface area contributed by atoms with Crippen molar-refractivity contribution in [3.05, 3.63) is 0 Å². The average molecular weight is 246 g/mol. The third kappa shape index (κ3) is 2.68. The Balaban J connectivity index is 2.75. The Morgan fingerprint density at radius 3 is 2.75 bits per heavy atom. The average Bonchev–Trinajstić information content (AvgIpc) is 2.59. The van der Waals surface area contributed by atoms with Crippen LogP contribution in [0, 0.1) is 5.92 Å². The Hall–Kier alpha value is -0.750. The zero-order valence-corrected chi connectivity index (χ0v) is 10.4. The van der Waals surface area contributed by atoms with Gasteiger partial charge in [-0.1, -0.05) is 6.92 Å². The highest BCUT2D eigenvalue weighted by Gasteiger charge is 2.40. The van der Waals surface area contributed by atoms with Crippen molar-refractivity contribution in [3.8, 4) is 0 Å². The summed E-state index contributed by atoms with van der Waals surface area (Å²) in [5.74, 6) is -0.758. The van der Waals surface area contributed by atoms with E-state index in [9.17, 15) is 9.59 Å². The van der Waals surface area contributed by atoms with Crippen molar-refractivity contribution >= 4 is 23.6 Å². The van der Waals surface area contributed by atoms with Crippen molar-refractivity contribution in [1.29, 1.82) is 0 Å². The van der Waals surface area contributed by atoms with Crippen LogP contribution in [0.3, 0.4) is 0 Å². The van der Waals surface area contributed by atoms with Crippen LogP contribution < -0.4 is 5.73 Å². The fraction of sp³-hybridized carbons (Fsp3) is 0.800. The van der Waals surface area contributed by atoms with E-state index in [-0.39, 0.29) is 17.2 Å². The fourth-order valence-electron chi connectivity index (χ4n) is 1.80. The summed E-state index contributed by atoms with van der Waals surface area (Å²) in [4.78, 5) is 24.5. The molecule has 1 saturated heterocycles. The largest absolute Gasteiger partial charge is 0.480 e. The van der Waals surface area contributed by atoms with Crippen molar-refractivity contribution in [2.24, 2.45) is 11.7 Å². The highest BCUT2D eigenvalue weighted by Crippen LogP contribution is 2.30. The number of carbonyl (C=O) groups excluding carboxylic acids is 1. The molecular weight excluding hydrogens is 228 g/mol. The molecule has 1 aliphatic rings. The van der Waals surface area contributed by atoms with Gasteiger partial charge in [0.25, 0.3) is 0 Å². The summed E-state index contributed by atoms with van der Waals surface area (Å²) >= 11 is 1.50. The smallest absolute Gasteiger partial charge is 0.327 e. The Bertz CT molecular complexity index is 285. The predicted molar refractivity (Wildman–Crippen MR) is 63.0 cm³/mol. The van der Waals surface area contributed by atoms with Gasteiger partial charge >= 0.3 is 5.97 Å². The Labute approximate surface area is 99.4 Å². The number of nitrogens with two attached hydrogens (primary N) is 1. The molecule has 92 valence electrons. The van der Waals surface area contributed by atoms with Crippen LogP contribution in [-0.4, -0.2) is 45.6 Å². The Kier molecular flexibility index (Phi) is 4.61. The molecule has 0 bridgehead atoms. The highest BCUT2D eigenvalue weighted by atomic mass is 32.2. The second-order valence-corrected chi connectivity index (χ2v) is 5.36. The summed E-state index contributed by atoms with van der Waals surface area (Å²) < 4.78 is 0. The summed E-state index contributed by atoms with van der Waals surface area (Å²) in [6.45, 7) is 4.10. The van der Waals surface area contributed by atoms with Gasteiger partial charge in [-0.25, -0.2) is 4.79 Å². The van der Waals surface area contributed by atoms with Gasteiger partial charge in [0, 0.05) is 11.7 Å². The van der Waals surface area contributed by atoms with E-state index in [4.69, 9.17) is 10.8 Å². The summed E-state index contributed by atoms with van der Waals surface area (Å²) in [5.41, 5.74) is 5.40. The van der Waals surface area contributed by atoms with Crippen molar-refractivity contribution in [2.75, 3.05) is 12.3 Å². The first-order chi connectivity index (χ1) is 7.49. The van der Waals surface area contributed by atoms with Gasteiger partial charge in [-0.2, -0.15) is 0 Å². The number of carboxylic acids is 1. The van der Waals surface area contributed by atoms with Crippen LogP contribution >= 0.6 is 11.8 Å². The number of thioether (sulfide) groups is 1. The van der Waals surface area contributed by atoms with Gasteiger partial charge < -0.3 is 15.7 Å². The van der Waals surface area contributed by atoms with E-state index in [0.717, 1.165) is 0 Å². The maximum absolute atomic E-state index is 12.1. The molecule has 3 atom stereocenters. The lowest BCUT2D eigenvalue weighted by Gasteiger charge is -2.27. The normalized spacial score (nSPS) is 26.8. The van der Waals surface area contributed by atoms with Crippen molar-refractivity contribution in [3.63, 3.8) is 0 Å². The number of nitrogens with zero attached hydrogens (tertiary/aromatic N) is 1. The number of amides is 1. The molecule has 0 radical (unpaired) electrons. The molecule has 0 aromatic heterocycles. The van der Waals surface area contributed by atoms with Gasteiger partial charge in [0.05, 0.1) is 5.37 Å². The molecule has 16 heavy (non-hydrogen) atoms. The first-order valence-electron chi connectivity index (χ1n) is 5.35. The minimum atomic E-state index is -0.926. The quantitative estimate of drug-likeness (QED) is 0.747. The van der Waals surface area contributed by atoms with Crippen molar-refractivity contribution < 1.29 is 14.7 Å². The molecule has 0 aromatic carbocycles.